The lowest BCUT2D eigenvalue weighted by atomic mass is 9.50. The van der Waals surface area contributed by atoms with Gasteiger partial charge < -0.3 is 4.79 Å². The number of hydrogen-bond donors (Lipinski definition) is 0. The Labute approximate surface area is 129 Å². The van der Waals surface area contributed by atoms with Crippen LogP contribution in [0.3, 0.4) is 0 Å². The fourth-order valence-corrected chi connectivity index (χ4v) is 5.06. The standard InChI is InChI=1S/C20H28O/c1-14(2)15-6-8-17-16(12-15)7-9-18-19(3,13-21)10-5-11-20(17,18)4/h6,8,12-14,18H,5,7,9-11H2,1-4H3/t18-,19-,20-/m1/s1. The van der Waals surface area contributed by atoms with Gasteiger partial charge in [0.2, 0.25) is 0 Å². The third kappa shape index (κ3) is 2.17. The molecule has 0 heterocycles. The van der Waals surface area contributed by atoms with E-state index in [9.17, 15) is 4.79 Å². The molecule has 1 nitrogen and oxygen atoms in total. The summed E-state index contributed by atoms with van der Waals surface area (Å²) in [5.41, 5.74) is 4.58. The van der Waals surface area contributed by atoms with Crippen LogP contribution >= 0.6 is 0 Å². The van der Waals surface area contributed by atoms with Crippen molar-refractivity contribution in [2.75, 3.05) is 0 Å². The predicted molar refractivity (Wildman–Crippen MR) is 87.7 cm³/mol. The number of rotatable bonds is 2. The average Bonchev–Trinajstić information content (AvgIpc) is 2.46. The van der Waals surface area contributed by atoms with E-state index in [1.54, 1.807) is 0 Å². The van der Waals surface area contributed by atoms with Crippen molar-refractivity contribution in [1.82, 2.24) is 0 Å². The minimum absolute atomic E-state index is 0.124. The van der Waals surface area contributed by atoms with E-state index in [0.29, 0.717) is 11.8 Å². The Bertz CT molecular complexity index is 559. The third-order valence-electron chi connectivity index (χ3n) is 6.36. The zero-order valence-corrected chi connectivity index (χ0v) is 13.9. The van der Waals surface area contributed by atoms with E-state index >= 15 is 0 Å². The summed E-state index contributed by atoms with van der Waals surface area (Å²) in [7, 11) is 0. The van der Waals surface area contributed by atoms with E-state index in [4.69, 9.17) is 0 Å². The second-order valence-electron chi connectivity index (χ2n) is 8.06. The lowest BCUT2D eigenvalue weighted by Gasteiger charge is -2.53. The molecule has 1 aromatic rings. The molecule has 114 valence electrons. The molecule has 0 unspecified atom stereocenters. The number of hydrogen-bond acceptors (Lipinski definition) is 1. The first-order valence-corrected chi connectivity index (χ1v) is 8.50. The summed E-state index contributed by atoms with van der Waals surface area (Å²) in [5.74, 6) is 1.10. The maximum Gasteiger partial charge on any atom is 0.126 e. The molecule has 2 aliphatic rings. The highest BCUT2D eigenvalue weighted by atomic mass is 16.1. The molecule has 1 fully saturated rings. The van der Waals surface area contributed by atoms with Gasteiger partial charge >= 0.3 is 0 Å². The Balaban J connectivity index is 2.07. The fraction of sp³-hybridized carbons (Fsp3) is 0.650. The number of carbonyl (C=O) groups excluding carboxylic acids is 1. The second-order valence-corrected chi connectivity index (χ2v) is 8.06. The van der Waals surface area contributed by atoms with Gasteiger partial charge in [-0.3, -0.25) is 0 Å². The number of aldehydes is 1. The van der Waals surface area contributed by atoms with Crippen LogP contribution in [0.5, 0.6) is 0 Å². The van der Waals surface area contributed by atoms with E-state index in [-0.39, 0.29) is 10.8 Å². The van der Waals surface area contributed by atoms with Gasteiger partial charge in [0.1, 0.15) is 6.29 Å². The van der Waals surface area contributed by atoms with Crippen molar-refractivity contribution in [2.24, 2.45) is 11.3 Å². The molecule has 0 amide bonds. The predicted octanol–water partition coefficient (Wildman–Crippen LogP) is 5.02. The molecule has 21 heavy (non-hydrogen) atoms. The first-order chi connectivity index (χ1) is 9.90. The first kappa shape index (κ1) is 14.8. The van der Waals surface area contributed by atoms with Crippen LogP contribution in [-0.4, -0.2) is 6.29 Å². The fourth-order valence-electron chi connectivity index (χ4n) is 5.06. The molecule has 0 radical (unpaired) electrons. The van der Waals surface area contributed by atoms with Gasteiger partial charge in [-0.1, -0.05) is 52.3 Å². The van der Waals surface area contributed by atoms with E-state index in [0.717, 1.165) is 12.8 Å². The molecule has 0 aromatic heterocycles. The van der Waals surface area contributed by atoms with Gasteiger partial charge in [0.25, 0.3) is 0 Å². The molecular formula is C20H28O. The molecule has 0 spiro atoms. The van der Waals surface area contributed by atoms with Crippen molar-refractivity contribution >= 4 is 6.29 Å². The molecule has 0 saturated heterocycles. The molecule has 1 saturated carbocycles. The van der Waals surface area contributed by atoms with Gasteiger partial charge in [-0.05, 0) is 59.6 Å². The van der Waals surface area contributed by atoms with Gasteiger partial charge in [0.15, 0.2) is 0 Å². The van der Waals surface area contributed by atoms with E-state index < -0.39 is 0 Å². The van der Waals surface area contributed by atoms with E-state index in [1.807, 2.05) is 0 Å². The van der Waals surface area contributed by atoms with Crippen LogP contribution in [0.25, 0.3) is 0 Å². The van der Waals surface area contributed by atoms with Crippen LogP contribution in [0.2, 0.25) is 0 Å². The van der Waals surface area contributed by atoms with E-state index in [1.165, 1.54) is 42.2 Å². The first-order valence-electron chi connectivity index (χ1n) is 8.50. The highest BCUT2D eigenvalue weighted by Gasteiger charge is 2.51. The smallest absolute Gasteiger partial charge is 0.126 e. The maximum atomic E-state index is 11.7. The van der Waals surface area contributed by atoms with Crippen molar-refractivity contribution in [3.05, 3.63) is 34.9 Å². The minimum atomic E-state index is -0.124. The summed E-state index contributed by atoms with van der Waals surface area (Å²) in [4.78, 5) is 11.7. The quantitative estimate of drug-likeness (QED) is 0.697. The zero-order valence-electron chi connectivity index (χ0n) is 13.9. The largest absolute Gasteiger partial charge is 0.303 e. The molecule has 1 heteroatoms. The molecule has 0 bridgehead atoms. The van der Waals surface area contributed by atoms with Crippen molar-refractivity contribution < 1.29 is 4.79 Å². The maximum absolute atomic E-state index is 11.7. The van der Waals surface area contributed by atoms with Crippen LogP contribution in [0.1, 0.15) is 76.0 Å². The Morgan fingerprint density at radius 2 is 2.00 bits per heavy atom. The molecule has 3 rings (SSSR count). The Kier molecular flexibility index (Phi) is 3.50. The molecular weight excluding hydrogens is 256 g/mol. The Hall–Kier alpha value is -1.11. The van der Waals surface area contributed by atoms with Crippen LogP contribution in [0.4, 0.5) is 0 Å². The highest BCUT2D eigenvalue weighted by molar-refractivity contribution is 5.61. The second kappa shape index (κ2) is 4.97. The van der Waals surface area contributed by atoms with Crippen LogP contribution in [0.15, 0.2) is 18.2 Å². The summed E-state index contributed by atoms with van der Waals surface area (Å²) in [6.45, 7) is 9.12. The number of carbonyl (C=O) groups is 1. The van der Waals surface area contributed by atoms with Crippen molar-refractivity contribution in [3.63, 3.8) is 0 Å². The monoisotopic (exact) mass is 284 g/mol. The lowest BCUT2D eigenvalue weighted by molar-refractivity contribution is -0.123. The number of aryl methyl sites for hydroxylation is 1. The minimum Gasteiger partial charge on any atom is -0.303 e. The van der Waals surface area contributed by atoms with Crippen molar-refractivity contribution in [1.29, 1.82) is 0 Å². The normalized spacial score (nSPS) is 35.2. The topological polar surface area (TPSA) is 17.1 Å². The highest BCUT2D eigenvalue weighted by Crippen LogP contribution is 2.56. The SMILES string of the molecule is CC(C)c1ccc2c(c1)CC[C@@H]1[C@@](C)(C=O)CCC[C@]21C. The summed E-state index contributed by atoms with van der Waals surface area (Å²) < 4.78 is 0. The van der Waals surface area contributed by atoms with Gasteiger partial charge in [-0.25, -0.2) is 0 Å². The summed E-state index contributed by atoms with van der Waals surface area (Å²) in [6.07, 6.45) is 7.03. The number of fused-ring (bicyclic) bond motifs is 3. The summed E-state index contributed by atoms with van der Waals surface area (Å²) in [6, 6.07) is 7.10. The molecule has 3 atom stereocenters. The van der Waals surface area contributed by atoms with Gasteiger partial charge in [0, 0.05) is 5.41 Å². The van der Waals surface area contributed by atoms with Crippen LogP contribution in [-0.2, 0) is 16.6 Å². The lowest BCUT2D eigenvalue weighted by Crippen LogP contribution is -2.49. The summed E-state index contributed by atoms with van der Waals surface area (Å²) >= 11 is 0. The van der Waals surface area contributed by atoms with Crippen molar-refractivity contribution in [2.45, 2.75) is 71.1 Å². The average molecular weight is 284 g/mol. The zero-order chi connectivity index (χ0) is 15.3. The van der Waals surface area contributed by atoms with Gasteiger partial charge in [-0.2, -0.15) is 0 Å². The van der Waals surface area contributed by atoms with Gasteiger partial charge in [0.05, 0.1) is 0 Å². The molecule has 1 aromatic carbocycles. The third-order valence-corrected chi connectivity index (χ3v) is 6.36. The molecule has 0 aliphatic heterocycles. The molecule has 2 aliphatic carbocycles. The van der Waals surface area contributed by atoms with Gasteiger partial charge in [-0.15, -0.1) is 0 Å². The summed E-state index contributed by atoms with van der Waals surface area (Å²) in [5, 5.41) is 0. The van der Waals surface area contributed by atoms with Crippen molar-refractivity contribution in [3.8, 4) is 0 Å². The van der Waals surface area contributed by atoms with E-state index in [2.05, 4.69) is 45.9 Å². The van der Waals surface area contributed by atoms with Crippen LogP contribution < -0.4 is 0 Å². The van der Waals surface area contributed by atoms with Crippen LogP contribution in [0, 0.1) is 11.3 Å². The Morgan fingerprint density at radius 3 is 2.67 bits per heavy atom. The molecule has 0 N–H and O–H groups in total. The number of benzene rings is 1. The Morgan fingerprint density at radius 1 is 1.24 bits per heavy atom.